The molecule has 0 spiro atoms. The average Bonchev–Trinajstić information content (AvgIpc) is 2.25. The summed E-state index contributed by atoms with van der Waals surface area (Å²) in [5.74, 6) is -20.0. The molecule has 5 fully saturated rings. The Morgan fingerprint density at radius 3 is 1.24 bits per heavy atom. The van der Waals surface area contributed by atoms with E-state index >= 15 is 0 Å². The first-order valence-electron chi connectivity index (χ1n) is 25.5. The van der Waals surface area contributed by atoms with Crippen molar-refractivity contribution in [2.45, 2.75) is 210 Å². The van der Waals surface area contributed by atoms with Crippen LogP contribution in [0.2, 0.25) is 0 Å². The van der Waals surface area contributed by atoms with Crippen LogP contribution in [-0.4, -0.2) is 341 Å². The Morgan fingerprint density at radius 2 is 0.880 bits per heavy atom. The molecule has 23 N–H and O–H groups in total. The SMILES string of the molecule is CC(=O)N[C@H]1[C@H]([C@H](O)[C@H](O)CO)O[C@@](O[C@H](CO)[C@@H](O)[C@@H]2O[C@@](O[C@H](CO)[C@@H](O)[C@@H]3O[C@@](O[C@H]4[C@@H](O)[C@@H](CO)O[C@@H](O[C@H]5[C@H](O)[C@@H](O)[C@H](O)O[C@@H]5CO)[C@@H]4O)(C(=O)O)C[C@H](O)[C@H]3NC(C)=O)(C(=O)O)C[C@H](O)[C@H]2NC(C)=O)(C(=O)O)C[C@@H]1O. The molecular weight excluding hydrogens is 1140 g/mol. The molecule has 5 aliphatic rings. The molecule has 28 atom stereocenters. The van der Waals surface area contributed by atoms with E-state index in [1.807, 2.05) is 0 Å². The number of nitrogens with one attached hydrogen (secondary N) is 3. The first kappa shape index (κ1) is 69.6. The zero-order valence-corrected chi connectivity index (χ0v) is 44.2. The quantitative estimate of drug-likeness (QED) is 0.0404. The van der Waals surface area contributed by atoms with Crippen LogP contribution in [0, 0.1) is 0 Å². The Morgan fingerprint density at radius 1 is 0.494 bits per heavy atom. The summed E-state index contributed by atoms with van der Waals surface area (Å²) in [4.78, 5) is 77.0. The molecule has 38 nitrogen and oxygen atoms in total. The lowest BCUT2D eigenvalue weighted by atomic mass is 9.86. The van der Waals surface area contributed by atoms with Gasteiger partial charge in [0.25, 0.3) is 17.4 Å². The van der Waals surface area contributed by atoms with E-state index in [0.29, 0.717) is 0 Å². The molecule has 0 saturated carbocycles. The molecule has 5 saturated heterocycles. The molecule has 5 heterocycles. The summed E-state index contributed by atoms with van der Waals surface area (Å²) in [6, 6.07) is -5.81. The number of ether oxygens (including phenoxy) is 9. The van der Waals surface area contributed by atoms with Crippen LogP contribution in [0.5, 0.6) is 0 Å². The van der Waals surface area contributed by atoms with Crippen LogP contribution in [0.4, 0.5) is 0 Å². The number of aliphatic hydroxyl groups is 17. The number of rotatable bonds is 25. The molecule has 38 heteroatoms. The van der Waals surface area contributed by atoms with Crippen molar-refractivity contribution in [3.63, 3.8) is 0 Å². The Bertz CT molecular complexity index is 2220. The average molecular weight is 1220 g/mol. The normalized spacial score (nSPS) is 41.7. The maximum atomic E-state index is 13.5. The zero-order valence-electron chi connectivity index (χ0n) is 44.2. The van der Waals surface area contributed by atoms with Gasteiger partial charge in [0.1, 0.15) is 104 Å². The summed E-state index contributed by atoms with van der Waals surface area (Å²) in [6.07, 6.45) is -54.0. The second-order valence-electron chi connectivity index (χ2n) is 20.4. The molecule has 5 aliphatic heterocycles. The third kappa shape index (κ3) is 15.0. The van der Waals surface area contributed by atoms with Crippen LogP contribution in [-0.2, 0) is 71.4 Å². The summed E-state index contributed by atoms with van der Waals surface area (Å²) in [5.41, 5.74) is 0. The van der Waals surface area contributed by atoms with Gasteiger partial charge in [0.15, 0.2) is 12.6 Å². The molecule has 478 valence electrons. The van der Waals surface area contributed by atoms with E-state index in [0.717, 1.165) is 20.8 Å². The van der Waals surface area contributed by atoms with E-state index in [9.17, 15) is 131 Å². The minimum atomic E-state index is -3.54. The molecule has 0 radical (unpaired) electrons. The largest absolute Gasteiger partial charge is 0.477 e. The lowest BCUT2D eigenvalue weighted by molar-refractivity contribution is -0.387. The van der Waals surface area contributed by atoms with Gasteiger partial charge < -0.3 is 161 Å². The molecular formula is C45H73N3O35. The number of amides is 3. The fraction of sp³-hybridized carbons (Fsp3) is 0.867. The Balaban J connectivity index is 1.51. The topological polar surface area (TPSA) is 626 Å². The first-order chi connectivity index (χ1) is 38.7. The third-order valence-corrected chi connectivity index (χ3v) is 14.5. The van der Waals surface area contributed by atoms with Crippen molar-refractivity contribution in [2.24, 2.45) is 0 Å². The van der Waals surface area contributed by atoms with Crippen LogP contribution >= 0.6 is 0 Å². The van der Waals surface area contributed by atoms with Gasteiger partial charge in [-0.1, -0.05) is 0 Å². The fourth-order valence-corrected chi connectivity index (χ4v) is 10.3. The zero-order chi connectivity index (χ0) is 62.5. The van der Waals surface area contributed by atoms with E-state index < -0.39 is 258 Å². The van der Waals surface area contributed by atoms with Crippen molar-refractivity contribution in [1.82, 2.24) is 16.0 Å². The Labute approximate surface area is 467 Å². The predicted molar refractivity (Wildman–Crippen MR) is 253 cm³/mol. The lowest BCUT2D eigenvalue weighted by Gasteiger charge is -2.51. The number of hydrogen-bond acceptors (Lipinski definition) is 32. The summed E-state index contributed by atoms with van der Waals surface area (Å²) >= 11 is 0. The van der Waals surface area contributed by atoms with Gasteiger partial charge in [-0.2, -0.15) is 0 Å². The van der Waals surface area contributed by atoms with E-state index in [-0.39, 0.29) is 0 Å². The number of carboxylic acid groups (broad SMARTS) is 3. The van der Waals surface area contributed by atoms with Gasteiger partial charge in [0.2, 0.25) is 17.7 Å². The van der Waals surface area contributed by atoms with Crippen LogP contribution in [0.3, 0.4) is 0 Å². The van der Waals surface area contributed by atoms with Crippen LogP contribution in [0.1, 0.15) is 40.0 Å². The van der Waals surface area contributed by atoms with Crippen molar-refractivity contribution in [3.8, 4) is 0 Å². The highest BCUT2D eigenvalue weighted by atomic mass is 16.8. The van der Waals surface area contributed by atoms with Crippen LogP contribution in [0.25, 0.3) is 0 Å². The second-order valence-corrected chi connectivity index (χ2v) is 20.4. The molecule has 0 aliphatic carbocycles. The maximum absolute atomic E-state index is 13.5. The fourth-order valence-electron chi connectivity index (χ4n) is 10.3. The Kier molecular flexibility index (Phi) is 23.9. The van der Waals surface area contributed by atoms with Gasteiger partial charge in [0, 0.05) is 40.0 Å². The minimum Gasteiger partial charge on any atom is -0.477 e. The highest BCUT2D eigenvalue weighted by Crippen LogP contribution is 2.42. The molecule has 83 heavy (non-hydrogen) atoms. The van der Waals surface area contributed by atoms with Gasteiger partial charge in [-0.15, -0.1) is 0 Å². The number of carboxylic acids is 3. The van der Waals surface area contributed by atoms with E-state index in [4.69, 9.17) is 42.6 Å². The highest BCUT2D eigenvalue weighted by Gasteiger charge is 2.64. The summed E-state index contributed by atoms with van der Waals surface area (Å²) in [6.45, 7) is -3.87. The van der Waals surface area contributed by atoms with Gasteiger partial charge in [-0.25, -0.2) is 14.4 Å². The molecule has 0 aromatic rings. The number of hydrogen-bond donors (Lipinski definition) is 23. The van der Waals surface area contributed by atoms with Crippen LogP contribution < -0.4 is 16.0 Å². The summed E-state index contributed by atoms with van der Waals surface area (Å²) in [7, 11) is 0. The predicted octanol–water partition coefficient (Wildman–Crippen LogP) is -13.9. The highest BCUT2D eigenvalue weighted by molar-refractivity contribution is 5.78. The van der Waals surface area contributed by atoms with Gasteiger partial charge in [0.05, 0.1) is 69.5 Å². The van der Waals surface area contributed by atoms with E-state index in [1.165, 1.54) is 0 Å². The second kappa shape index (κ2) is 28.5. The van der Waals surface area contributed by atoms with Crippen molar-refractivity contribution < 1.29 is 174 Å². The molecule has 0 aromatic heterocycles. The number of aliphatic hydroxyl groups excluding tert-OH is 17. The first-order valence-corrected chi connectivity index (χ1v) is 25.5. The monoisotopic (exact) mass is 1220 g/mol. The van der Waals surface area contributed by atoms with Crippen molar-refractivity contribution in [3.05, 3.63) is 0 Å². The minimum absolute atomic E-state index is 0.855. The number of aliphatic carboxylic acids is 3. The van der Waals surface area contributed by atoms with Gasteiger partial charge >= 0.3 is 17.9 Å². The summed E-state index contributed by atoms with van der Waals surface area (Å²) < 4.78 is 50.0. The Hall–Kier alpha value is -4.22. The van der Waals surface area contributed by atoms with E-state index in [1.54, 1.807) is 0 Å². The molecule has 3 amide bonds. The number of carbonyl (C=O) groups is 6. The summed E-state index contributed by atoms with van der Waals surface area (Å²) in [5, 5.41) is 223. The van der Waals surface area contributed by atoms with Crippen LogP contribution in [0.15, 0.2) is 0 Å². The standard InChI is InChI=1S/C45H73N3O35/c1-12(54)46-23-15(57)4-43(40(69)70,80-34(23)26(61)18(60)7-49)78-20(9-51)28(63)35-24(47-13(2)55)16(58)5-44(81-35,41(71)72)79-21(10-52)29(64)36-25(48-14(3)56)17(59)6-45(82-36,42(73)74)83-37-27(62)19(8-50)76-39(32(37)67)77-33-22(11-53)75-38(68)31(66)30(33)65/h15-39,49-53,57-68H,4-11H2,1-3H3,(H,46,54)(H,47,55)(H,48,56)(H,69,70)(H,71,72)(H,73,74)/t15-,16-,17-,18+,19+,20+,21+,22+,23+,24+,25+,26+,27-,28+,29+,30+,31+,32+,33+,34+,35+,36+,37-,38+,39-,43+,44+,45-/m0/s1. The van der Waals surface area contributed by atoms with Gasteiger partial charge in [-0.05, 0) is 0 Å². The number of carbonyl (C=O) groups excluding carboxylic acids is 3. The lowest BCUT2D eigenvalue weighted by Crippen LogP contribution is -2.72. The maximum Gasteiger partial charge on any atom is 0.364 e. The van der Waals surface area contributed by atoms with E-state index in [2.05, 4.69) is 16.0 Å². The third-order valence-electron chi connectivity index (χ3n) is 14.5. The van der Waals surface area contributed by atoms with Gasteiger partial charge in [-0.3, -0.25) is 14.4 Å². The van der Waals surface area contributed by atoms with Crippen molar-refractivity contribution in [1.29, 1.82) is 0 Å². The molecule has 0 aromatic carbocycles. The molecule has 0 bridgehead atoms. The smallest absolute Gasteiger partial charge is 0.364 e. The van der Waals surface area contributed by atoms with Crippen molar-refractivity contribution in [2.75, 3.05) is 33.0 Å². The molecule has 5 rings (SSSR count). The van der Waals surface area contributed by atoms with Crippen molar-refractivity contribution >= 4 is 35.6 Å². The molecule has 0 unspecified atom stereocenters.